The average Bonchev–Trinajstić information content (AvgIpc) is 2.66. The van der Waals surface area contributed by atoms with Crippen molar-refractivity contribution in [3.8, 4) is 5.88 Å². The van der Waals surface area contributed by atoms with Gasteiger partial charge in [-0.15, -0.1) is 0 Å². The second kappa shape index (κ2) is 9.56. The van der Waals surface area contributed by atoms with Gasteiger partial charge in [0.05, 0.1) is 18.2 Å². The first kappa shape index (κ1) is 20.9. The van der Waals surface area contributed by atoms with Crippen molar-refractivity contribution in [2.24, 2.45) is 0 Å². The van der Waals surface area contributed by atoms with Crippen LogP contribution in [-0.2, 0) is 11.3 Å². The first-order valence-corrected chi connectivity index (χ1v) is 10.4. The summed E-state index contributed by atoms with van der Waals surface area (Å²) in [6.45, 7) is 5.28. The standard InChI is InChI=1S/C21H34N4O3/c1-17-15-25(16-21(28-17)8-5-4-6-9-21)20(26)23-14-18-7-10-22-19(13-18)27-12-11-24(2)3/h7,10,13,17H,4-6,8-9,11-12,14-16H2,1-3H3,(H,23,26). The van der Waals surface area contributed by atoms with Gasteiger partial charge in [0.25, 0.3) is 0 Å². The quantitative estimate of drug-likeness (QED) is 0.809. The van der Waals surface area contributed by atoms with Crippen LogP contribution in [0.2, 0.25) is 0 Å². The Morgan fingerprint density at radius 1 is 1.39 bits per heavy atom. The molecular formula is C21H34N4O3. The molecule has 1 aromatic heterocycles. The molecule has 2 heterocycles. The van der Waals surface area contributed by atoms with Crippen molar-refractivity contribution in [3.05, 3.63) is 23.9 Å². The maximum absolute atomic E-state index is 12.8. The number of urea groups is 1. The molecule has 2 aliphatic rings. The van der Waals surface area contributed by atoms with Gasteiger partial charge in [-0.1, -0.05) is 19.3 Å². The predicted molar refractivity (Wildman–Crippen MR) is 108 cm³/mol. The predicted octanol–water partition coefficient (Wildman–Crippen LogP) is 2.66. The third-order valence-electron chi connectivity index (χ3n) is 5.49. The van der Waals surface area contributed by atoms with E-state index in [1.54, 1.807) is 6.20 Å². The molecule has 7 nitrogen and oxygen atoms in total. The van der Waals surface area contributed by atoms with Gasteiger partial charge in [-0.25, -0.2) is 9.78 Å². The Kier molecular flexibility index (Phi) is 7.13. The molecule has 1 atom stereocenters. The van der Waals surface area contributed by atoms with Crippen molar-refractivity contribution < 1.29 is 14.3 Å². The summed E-state index contributed by atoms with van der Waals surface area (Å²) in [4.78, 5) is 21.0. The Morgan fingerprint density at radius 2 is 2.18 bits per heavy atom. The third-order valence-corrected chi connectivity index (χ3v) is 5.49. The normalized spacial score (nSPS) is 21.7. The van der Waals surface area contributed by atoms with Gasteiger partial charge in [0.15, 0.2) is 0 Å². The van der Waals surface area contributed by atoms with Crippen LogP contribution in [0.1, 0.15) is 44.6 Å². The van der Waals surface area contributed by atoms with Crippen molar-refractivity contribution in [1.82, 2.24) is 20.1 Å². The number of nitrogens with zero attached hydrogens (tertiary/aromatic N) is 3. The Hall–Kier alpha value is -1.86. The van der Waals surface area contributed by atoms with Crippen LogP contribution < -0.4 is 10.1 Å². The maximum atomic E-state index is 12.8. The fourth-order valence-electron chi connectivity index (χ4n) is 4.11. The van der Waals surface area contributed by atoms with E-state index in [0.29, 0.717) is 32.1 Å². The number of nitrogens with one attached hydrogen (secondary N) is 1. The van der Waals surface area contributed by atoms with E-state index in [1.807, 2.05) is 31.1 Å². The Labute approximate surface area is 168 Å². The minimum atomic E-state index is -0.141. The summed E-state index contributed by atoms with van der Waals surface area (Å²) in [5.41, 5.74) is 0.842. The van der Waals surface area contributed by atoms with E-state index in [4.69, 9.17) is 9.47 Å². The van der Waals surface area contributed by atoms with Crippen LogP contribution in [0.15, 0.2) is 18.3 Å². The van der Waals surface area contributed by atoms with E-state index >= 15 is 0 Å². The number of amides is 2. The average molecular weight is 391 g/mol. The molecule has 2 fully saturated rings. The zero-order valence-electron chi connectivity index (χ0n) is 17.4. The van der Waals surface area contributed by atoms with Crippen molar-refractivity contribution in [2.75, 3.05) is 40.3 Å². The second-order valence-corrected chi connectivity index (χ2v) is 8.37. The van der Waals surface area contributed by atoms with Gasteiger partial charge >= 0.3 is 6.03 Å². The molecule has 1 N–H and O–H groups in total. The number of carbonyl (C=O) groups excluding carboxylic acids is 1. The van der Waals surface area contributed by atoms with Crippen molar-refractivity contribution in [1.29, 1.82) is 0 Å². The summed E-state index contributed by atoms with van der Waals surface area (Å²) in [7, 11) is 4.01. The Balaban J connectivity index is 1.52. The number of ether oxygens (including phenoxy) is 2. The fourth-order valence-corrected chi connectivity index (χ4v) is 4.11. The largest absolute Gasteiger partial charge is 0.476 e. The molecule has 1 unspecified atom stereocenters. The molecule has 1 aromatic rings. The lowest BCUT2D eigenvalue weighted by Crippen LogP contribution is -2.59. The fraction of sp³-hybridized carbons (Fsp3) is 0.714. The lowest BCUT2D eigenvalue weighted by Gasteiger charge is -2.47. The summed E-state index contributed by atoms with van der Waals surface area (Å²) < 4.78 is 12.0. The van der Waals surface area contributed by atoms with Crippen molar-refractivity contribution >= 4 is 6.03 Å². The summed E-state index contributed by atoms with van der Waals surface area (Å²) in [5.74, 6) is 0.592. The number of pyridine rings is 1. The van der Waals surface area contributed by atoms with Gasteiger partial charge in [0.2, 0.25) is 5.88 Å². The smallest absolute Gasteiger partial charge is 0.317 e. The molecule has 1 aliphatic heterocycles. The number of hydrogen-bond acceptors (Lipinski definition) is 5. The molecule has 0 radical (unpaired) electrons. The zero-order chi connectivity index (χ0) is 20.0. The highest BCUT2D eigenvalue weighted by Gasteiger charge is 2.41. The Morgan fingerprint density at radius 3 is 2.93 bits per heavy atom. The zero-order valence-corrected chi connectivity index (χ0v) is 17.4. The van der Waals surface area contributed by atoms with E-state index in [1.165, 1.54) is 19.3 Å². The summed E-state index contributed by atoms with van der Waals surface area (Å²) >= 11 is 0. The summed E-state index contributed by atoms with van der Waals surface area (Å²) in [5, 5.41) is 3.05. The molecule has 1 aliphatic carbocycles. The van der Waals surface area contributed by atoms with Gasteiger partial charge in [-0.3, -0.25) is 0 Å². The number of likely N-dealkylation sites (N-methyl/N-ethyl adjacent to an activating group) is 1. The number of morpholine rings is 1. The number of aromatic nitrogens is 1. The van der Waals surface area contributed by atoms with Crippen LogP contribution in [0.4, 0.5) is 4.79 Å². The molecule has 1 saturated heterocycles. The van der Waals surface area contributed by atoms with Crippen molar-refractivity contribution in [3.63, 3.8) is 0 Å². The van der Waals surface area contributed by atoms with Crippen LogP contribution in [0.25, 0.3) is 0 Å². The molecule has 0 aromatic carbocycles. The molecule has 1 saturated carbocycles. The molecule has 1 spiro atoms. The Bertz CT molecular complexity index is 646. The minimum Gasteiger partial charge on any atom is -0.476 e. The lowest BCUT2D eigenvalue weighted by atomic mass is 9.83. The van der Waals surface area contributed by atoms with E-state index < -0.39 is 0 Å². The first-order valence-electron chi connectivity index (χ1n) is 10.4. The SMILES string of the molecule is CC1CN(C(=O)NCc2ccnc(OCCN(C)C)c2)CC2(CCCCC2)O1. The van der Waals surface area contributed by atoms with Gasteiger partial charge in [-0.2, -0.15) is 0 Å². The molecule has 2 amide bonds. The van der Waals surface area contributed by atoms with Crippen LogP contribution in [0, 0.1) is 0 Å². The lowest BCUT2D eigenvalue weighted by molar-refractivity contribution is -0.153. The highest BCUT2D eigenvalue weighted by atomic mass is 16.5. The molecule has 3 rings (SSSR count). The maximum Gasteiger partial charge on any atom is 0.317 e. The molecule has 28 heavy (non-hydrogen) atoms. The topological polar surface area (TPSA) is 66.9 Å². The van der Waals surface area contributed by atoms with Gasteiger partial charge in [0.1, 0.15) is 6.61 Å². The van der Waals surface area contributed by atoms with Gasteiger partial charge in [-0.05, 0) is 45.5 Å². The molecule has 156 valence electrons. The van der Waals surface area contributed by atoms with E-state index in [-0.39, 0.29) is 17.7 Å². The van der Waals surface area contributed by atoms with Crippen LogP contribution in [0.3, 0.4) is 0 Å². The van der Waals surface area contributed by atoms with Gasteiger partial charge in [0, 0.05) is 31.9 Å². The highest BCUT2D eigenvalue weighted by molar-refractivity contribution is 5.74. The molecule has 0 bridgehead atoms. The minimum absolute atomic E-state index is 0.0213. The summed E-state index contributed by atoms with van der Waals surface area (Å²) in [6.07, 6.45) is 7.56. The second-order valence-electron chi connectivity index (χ2n) is 8.37. The van der Waals surface area contributed by atoms with Crippen LogP contribution >= 0.6 is 0 Å². The number of rotatable bonds is 6. The summed E-state index contributed by atoms with van der Waals surface area (Å²) in [6, 6.07) is 3.77. The van der Waals surface area contributed by atoms with Gasteiger partial charge < -0.3 is 24.6 Å². The first-order chi connectivity index (χ1) is 13.5. The van der Waals surface area contributed by atoms with Crippen molar-refractivity contribution in [2.45, 2.75) is 57.3 Å². The van der Waals surface area contributed by atoms with E-state index in [0.717, 1.165) is 24.9 Å². The van der Waals surface area contributed by atoms with Crippen LogP contribution in [0.5, 0.6) is 5.88 Å². The van der Waals surface area contributed by atoms with Crippen LogP contribution in [-0.4, -0.2) is 72.9 Å². The van der Waals surface area contributed by atoms with E-state index in [2.05, 4.69) is 22.1 Å². The molecule has 7 heteroatoms. The van der Waals surface area contributed by atoms with E-state index in [9.17, 15) is 4.79 Å². The third kappa shape index (κ3) is 5.82. The number of hydrogen-bond donors (Lipinski definition) is 1. The monoisotopic (exact) mass is 390 g/mol. The number of carbonyl (C=O) groups is 1. The molecular weight excluding hydrogens is 356 g/mol. The highest BCUT2D eigenvalue weighted by Crippen LogP contribution is 2.36.